The molecule has 0 amide bonds. The molecular formula is C14H19ClN4O. The lowest BCUT2D eigenvalue weighted by Gasteiger charge is -2.07. The molecule has 0 unspecified atom stereocenters. The van der Waals surface area contributed by atoms with Crippen LogP contribution in [-0.4, -0.2) is 21.1 Å². The average molecular weight is 295 g/mol. The zero-order valence-electron chi connectivity index (χ0n) is 11.8. The number of rotatable bonds is 7. The Kier molecular flexibility index (Phi) is 5.38. The van der Waals surface area contributed by atoms with Gasteiger partial charge in [0.2, 0.25) is 0 Å². The maximum Gasteiger partial charge on any atom is 0.147 e. The summed E-state index contributed by atoms with van der Waals surface area (Å²) in [6.45, 7) is 4.29. The third kappa shape index (κ3) is 3.95. The van der Waals surface area contributed by atoms with Gasteiger partial charge in [-0.05, 0) is 25.1 Å². The Balaban J connectivity index is 1.86. The molecule has 2 aromatic heterocycles. The molecule has 2 rings (SSSR count). The molecule has 1 N–H and O–H groups in total. The lowest BCUT2D eigenvalue weighted by molar-refractivity contribution is 0.290. The van der Waals surface area contributed by atoms with Gasteiger partial charge in [0, 0.05) is 13.6 Å². The number of hydrogen-bond acceptors (Lipinski definition) is 4. The second-order valence-electron chi connectivity index (χ2n) is 4.51. The van der Waals surface area contributed by atoms with E-state index < -0.39 is 0 Å². The second-order valence-corrected chi connectivity index (χ2v) is 4.89. The van der Waals surface area contributed by atoms with Crippen molar-refractivity contribution >= 4 is 11.6 Å². The Bertz CT molecular complexity index is 539. The van der Waals surface area contributed by atoms with Crippen LogP contribution < -0.4 is 10.1 Å². The summed E-state index contributed by atoms with van der Waals surface area (Å²) in [6.07, 6.45) is 4.46. The zero-order valence-corrected chi connectivity index (χ0v) is 12.5. The van der Waals surface area contributed by atoms with Gasteiger partial charge in [-0.3, -0.25) is 4.98 Å². The predicted molar refractivity (Wildman–Crippen MR) is 78.8 cm³/mol. The van der Waals surface area contributed by atoms with Crippen LogP contribution in [0.25, 0.3) is 0 Å². The number of pyridine rings is 1. The van der Waals surface area contributed by atoms with Crippen molar-refractivity contribution in [2.24, 2.45) is 7.05 Å². The summed E-state index contributed by atoms with van der Waals surface area (Å²) in [5.74, 6) is 1.51. The van der Waals surface area contributed by atoms with Crippen LogP contribution in [-0.2, 0) is 20.2 Å². The second kappa shape index (κ2) is 7.26. The van der Waals surface area contributed by atoms with E-state index in [9.17, 15) is 0 Å². The maximum atomic E-state index is 5.92. The van der Waals surface area contributed by atoms with Gasteiger partial charge in [0.05, 0.1) is 18.1 Å². The van der Waals surface area contributed by atoms with Crippen LogP contribution in [0, 0.1) is 0 Å². The number of halogens is 1. The minimum atomic E-state index is 0.373. The van der Waals surface area contributed by atoms with E-state index >= 15 is 0 Å². The number of ether oxygens (including phenoxy) is 1. The van der Waals surface area contributed by atoms with Crippen LogP contribution in [0.15, 0.2) is 24.5 Å². The summed E-state index contributed by atoms with van der Waals surface area (Å²) in [5.41, 5.74) is 1.01. The molecule has 0 bridgehead atoms. The summed E-state index contributed by atoms with van der Waals surface area (Å²) in [6, 6.07) is 3.88. The van der Waals surface area contributed by atoms with Gasteiger partial charge in [0.1, 0.15) is 23.3 Å². The first-order valence-corrected chi connectivity index (χ1v) is 7.03. The van der Waals surface area contributed by atoms with Gasteiger partial charge >= 0.3 is 0 Å². The highest BCUT2D eigenvalue weighted by Crippen LogP contribution is 2.13. The van der Waals surface area contributed by atoms with Crippen molar-refractivity contribution < 1.29 is 4.74 Å². The topological polar surface area (TPSA) is 52.0 Å². The highest BCUT2D eigenvalue weighted by molar-refractivity contribution is 6.29. The van der Waals surface area contributed by atoms with E-state index in [4.69, 9.17) is 16.3 Å². The van der Waals surface area contributed by atoms with Crippen LogP contribution in [0.4, 0.5) is 0 Å². The zero-order chi connectivity index (χ0) is 14.4. The van der Waals surface area contributed by atoms with E-state index in [2.05, 4.69) is 22.2 Å². The van der Waals surface area contributed by atoms with Gasteiger partial charge in [-0.15, -0.1) is 0 Å². The van der Waals surface area contributed by atoms with Crippen LogP contribution in [0.5, 0.6) is 5.75 Å². The third-order valence-electron chi connectivity index (χ3n) is 2.93. The fourth-order valence-corrected chi connectivity index (χ4v) is 1.85. The smallest absolute Gasteiger partial charge is 0.147 e. The molecule has 0 aromatic carbocycles. The molecule has 0 fully saturated rings. The molecule has 0 aliphatic heterocycles. The van der Waals surface area contributed by atoms with E-state index in [0.717, 1.165) is 36.8 Å². The first kappa shape index (κ1) is 14.8. The molecule has 2 heterocycles. The monoisotopic (exact) mass is 294 g/mol. The van der Waals surface area contributed by atoms with Crippen molar-refractivity contribution in [3.05, 3.63) is 41.2 Å². The Labute approximate surface area is 124 Å². The van der Waals surface area contributed by atoms with Crippen LogP contribution in [0.3, 0.4) is 0 Å². The van der Waals surface area contributed by atoms with Gasteiger partial charge in [0.25, 0.3) is 0 Å². The molecule has 0 radical (unpaired) electrons. The van der Waals surface area contributed by atoms with E-state index in [1.54, 1.807) is 17.0 Å². The SMILES string of the molecule is CCCNCc1ccc(OCc2ncc(Cl)n2C)cn1. The summed E-state index contributed by atoms with van der Waals surface area (Å²) < 4.78 is 7.43. The van der Waals surface area contributed by atoms with E-state index in [-0.39, 0.29) is 0 Å². The van der Waals surface area contributed by atoms with Crippen molar-refractivity contribution in [3.8, 4) is 5.75 Å². The lowest BCUT2D eigenvalue weighted by Crippen LogP contribution is -2.14. The first-order chi connectivity index (χ1) is 9.70. The Morgan fingerprint density at radius 3 is 2.75 bits per heavy atom. The number of aromatic nitrogens is 3. The third-order valence-corrected chi connectivity index (χ3v) is 3.28. The van der Waals surface area contributed by atoms with Crippen molar-refractivity contribution in [3.63, 3.8) is 0 Å². The van der Waals surface area contributed by atoms with Crippen LogP contribution in [0.1, 0.15) is 24.9 Å². The number of hydrogen-bond donors (Lipinski definition) is 1. The molecule has 0 saturated heterocycles. The molecule has 0 atom stereocenters. The molecule has 108 valence electrons. The summed E-state index contributed by atoms with van der Waals surface area (Å²) in [7, 11) is 1.86. The summed E-state index contributed by atoms with van der Waals surface area (Å²) in [4.78, 5) is 8.52. The number of imidazole rings is 1. The van der Waals surface area contributed by atoms with Crippen molar-refractivity contribution in [2.45, 2.75) is 26.5 Å². The van der Waals surface area contributed by atoms with E-state index in [1.807, 2.05) is 19.2 Å². The highest BCUT2D eigenvalue weighted by atomic mass is 35.5. The average Bonchev–Trinajstić information content (AvgIpc) is 2.78. The number of nitrogens with zero attached hydrogens (tertiary/aromatic N) is 3. The molecule has 0 aliphatic carbocycles. The van der Waals surface area contributed by atoms with Crippen molar-refractivity contribution in [1.29, 1.82) is 0 Å². The minimum absolute atomic E-state index is 0.373. The normalized spacial score (nSPS) is 10.8. The van der Waals surface area contributed by atoms with Crippen molar-refractivity contribution in [2.75, 3.05) is 6.54 Å². The first-order valence-electron chi connectivity index (χ1n) is 6.65. The molecule has 6 heteroatoms. The predicted octanol–water partition coefficient (Wildman–Crippen LogP) is 2.55. The quantitative estimate of drug-likeness (QED) is 0.797. The standard InChI is InChI=1S/C14H19ClN4O/c1-3-6-16-7-11-4-5-12(8-17-11)20-10-14-18-9-13(15)19(14)2/h4-5,8-9,16H,3,6-7,10H2,1-2H3. The molecule has 0 spiro atoms. The largest absolute Gasteiger partial charge is 0.484 e. The fraction of sp³-hybridized carbons (Fsp3) is 0.429. The number of nitrogens with one attached hydrogen (secondary N) is 1. The van der Waals surface area contributed by atoms with Crippen LogP contribution >= 0.6 is 11.6 Å². The Morgan fingerprint density at radius 1 is 1.30 bits per heavy atom. The molecule has 2 aromatic rings. The van der Waals surface area contributed by atoms with Gasteiger partial charge in [-0.25, -0.2) is 4.98 Å². The Morgan fingerprint density at radius 2 is 2.15 bits per heavy atom. The highest BCUT2D eigenvalue weighted by Gasteiger charge is 2.05. The molecule has 0 saturated carbocycles. The van der Waals surface area contributed by atoms with Gasteiger partial charge in [-0.1, -0.05) is 18.5 Å². The van der Waals surface area contributed by atoms with Crippen LogP contribution in [0.2, 0.25) is 5.15 Å². The molecule has 0 aliphatic rings. The van der Waals surface area contributed by atoms with E-state index in [0.29, 0.717) is 11.8 Å². The van der Waals surface area contributed by atoms with Gasteiger partial charge in [0.15, 0.2) is 0 Å². The fourth-order valence-electron chi connectivity index (χ4n) is 1.70. The van der Waals surface area contributed by atoms with Crippen molar-refractivity contribution in [1.82, 2.24) is 19.9 Å². The summed E-state index contributed by atoms with van der Waals surface area (Å²) >= 11 is 5.92. The van der Waals surface area contributed by atoms with E-state index in [1.165, 1.54) is 0 Å². The summed E-state index contributed by atoms with van der Waals surface area (Å²) in [5, 5.41) is 3.90. The Hall–Kier alpha value is -1.59. The molecular weight excluding hydrogens is 276 g/mol. The molecule has 5 nitrogen and oxygen atoms in total. The minimum Gasteiger partial charge on any atom is -0.484 e. The van der Waals surface area contributed by atoms with Gasteiger partial charge < -0.3 is 14.6 Å². The van der Waals surface area contributed by atoms with Gasteiger partial charge in [-0.2, -0.15) is 0 Å². The maximum absolute atomic E-state index is 5.92. The molecule has 20 heavy (non-hydrogen) atoms. The lowest BCUT2D eigenvalue weighted by atomic mass is 10.3.